The van der Waals surface area contributed by atoms with Crippen LogP contribution in [0.4, 0.5) is 0 Å². The van der Waals surface area contributed by atoms with Crippen LogP contribution < -0.4 is 5.32 Å². The van der Waals surface area contributed by atoms with E-state index in [1.54, 1.807) is 6.20 Å². The van der Waals surface area contributed by atoms with Gasteiger partial charge in [0.25, 0.3) is 0 Å². The Labute approximate surface area is 113 Å². The lowest BCUT2D eigenvalue weighted by molar-refractivity contribution is 0.0443. The summed E-state index contributed by atoms with van der Waals surface area (Å²) in [6, 6.07) is 10.6. The predicted molar refractivity (Wildman–Crippen MR) is 76.0 cm³/mol. The molecule has 1 N–H and O–H groups in total. The number of fused-ring (bicyclic) bond motifs is 1. The van der Waals surface area contributed by atoms with Crippen LogP contribution in [0.2, 0.25) is 0 Å². The minimum absolute atomic E-state index is 0.130. The molecule has 0 saturated carbocycles. The Morgan fingerprint density at radius 3 is 3.05 bits per heavy atom. The van der Waals surface area contributed by atoms with Crippen molar-refractivity contribution in [3.63, 3.8) is 0 Å². The zero-order valence-electron chi connectivity index (χ0n) is 11.1. The molecule has 1 atom stereocenters. The van der Waals surface area contributed by atoms with E-state index in [1.165, 1.54) is 16.7 Å². The molecular formula is C16H18N2O. The lowest BCUT2D eigenvalue weighted by Gasteiger charge is -2.28. The molecule has 0 aliphatic carbocycles. The van der Waals surface area contributed by atoms with E-state index < -0.39 is 0 Å². The summed E-state index contributed by atoms with van der Waals surface area (Å²) in [6.07, 6.45) is 4.84. The van der Waals surface area contributed by atoms with Crippen LogP contribution in [0.25, 0.3) is 11.1 Å². The molecule has 0 radical (unpaired) electrons. The fraction of sp³-hybridized carbons (Fsp3) is 0.312. The van der Waals surface area contributed by atoms with Crippen molar-refractivity contribution in [3.05, 3.63) is 53.9 Å². The van der Waals surface area contributed by atoms with E-state index in [-0.39, 0.29) is 6.10 Å². The van der Waals surface area contributed by atoms with Crippen molar-refractivity contribution in [2.45, 2.75) is 12.5 Å². The molecule has 1 aliphatic rings. The molecule has 1 aliphatic heterocycles. The highest BCUT2D eigenvalue weighted by Gasteiger charge is 2.23. The molecule has 0 saturated heterocycles. The molecule has 0 bridgehead atoms. The zero-order valence-corrected chi connectivity index (χ0v) is 11.1. The van der Waals surface area contributed by atoms with E-state index in [0.717, 1.165) is 25.1 Å². The van der Waals surface area contributed by atoms with Gasteiger partial charge in [-0.05, 0) is 36.2 Å². The third kappa shape index (κ3) is 2.39. The maximum Gasteiger partial charge on any atom is 0.0957 e. The van der Waals surface area contributed by atoms with E-state index in [2.05, 4.69) is 34.6 Å². The summed E-state index contributed by atoms with van der Waals surface area (Å²) < 4.78 is 5.92. The first-order chi connectivity index (χ1) is 9.40. The molecular weight excluding hydrogens is 236 g/mol. The highest BCUT2D eigenvalue weighted by Crippen LogP contribution is 2.35. The highest BCUT2D eigenvalue weighted by molar-refractivity contribution is 5.69. The van der Waals surface area contributed by atoms with E-state index in [4.69, 9.17) is 4.74 Å². The van der Waals surface area contributed by atoms with E-state index in [0.29, 0.717) is 0 Å². The quantitative estimate of drug-likeness (QED) is 0.914. The maximum atomic E-state index is 5.92. The molecule has 2 aromatic rings. The number of ether oxygens (including phenoxy) is 1. The van der Waals surface area contributed by atoms with Crippen molar-refractivity contribution in [3.8, 4) is 11.1 Å². The standard InChI is InChI=1S/C16H18N2O/c1-17-11-15-16-12(7-9-19-15)4-2-6-14(16)13-5-3-8-18-10-13/h2-6,8,10,15,17H,7,9,11H2,1H3. The normalized spacial score (nSPS) is 18.1. The third-order valence-corrected chi connectivity index (χ3v) is 3.57. The Kier molecular flexibility index (Phi) is 3.58. The first-order valence-corrected chi connectivity index (χ1v) is 6.68. The number of aromatic nitrogens is 1. The van der Waals surface area contributed by atoms with Crippen LogP contribution in [0.1, 0.15) is 17.2 Å². The van der Waals surface area contributed by atoms with E-state index >= 15 is 0 Å². The van der Waals surface area contributed by atoms with E-state index in [1.807, 2.05) is 19.3 Å². The van der Waals surface area contributed by atoms with Gasteiger partial charge in [0, 0.05) is 24.5 Å². The number of benzene rings is 1. The summed E-state index contributed by atoms with van der Waals surface area (Å²) in [5.41, 5.74) is 5.11. The van der Waals surface area contributed by atoms with Crippen LogP contribution in [0.3, 0.4) is 0 Å². The van der Waals surface area contributed by atoms with Gasteiger partial charge in [-0.15, -0.1) is 0 Å². The minimum Gasteiger partial charge on any atom is -0.372 e. The van der Waals surface area contributed by atoms with Gasteiger partial charge in [0.1, 0.15) is 0 Å². The number of nitrogens with one attached hydrogen (secondary N) is 1. The Morgan fingerprint density at radius 2 is 2.26 bits per heavy atom. The Balaban J connectivity index is 2.11. The van der Waals surface area contributed by atoms with Gasteiger partial charge < -0.3 is 10.1 Å². The summed E-state index contributed by atoms with van der Waals surface area (Å²) in [7, 11) is 1.96. The molecule has 0 amide bonds. The fourth-order valence-electron chi connectivity index (χ4n) is 2.73. The summed E-state index contributed by atoms with van der Waals surface area (Å²) in [6.45, 7) is 1.64. The van der Waals surface area contributed by atoms with Crippen LogP contribution in [0.15, 0.2) is 42.7 Å². The van der Waals surface area contributed by atoms with E-state index in [9.17, 15) is 0 Å². The van der Waals surface area contributed by atoms with Crippen molar-refractivity contribution >= 4 is 0 Å². The summed E-state index contributed by atoms with van der Waals surface area (Å²) >= 11 is 0. The average Bonchev–Trinajstić information content (AvgIpc) is 2.48. The van der Waals surface area contributed by atoms with Crippen LogP contribution in [0.5, 0.6) is 0 Å². The minimum atomic E-state index is 0.130. The molecule has 1 unspecified atom stereocenters. The number of hydrogen-bond acceptors (Lipinski definition) is 3. The topological polar surface area (TPSA) is 34.1 Å². The predicted octanol–water partition coefficient (Wildman–Crippen LogP) is 2.58. The average molecular weight is 254 g/mol. The number of likely N-dealkylation sites (N-methyl/N-ethyl adjacent to an activating group) is 1. The van der Waals surface area contributed by atoms with Crippen molar-refractivity contribution < 1.29 is 4.74 Å². The molecule has 3 rings (SSSR count). The first kappa shape index (κ1) is 12.3. The molecule has 1 aromatic carbocycles. The Bertz CT molecular complexity index is 554. The van der Waals surface area contributed by atoms with Crippen LogP contribution in [-0.2, 0) is 11.2 Å². The van der Waals surface area contributed by atoms with Crippen LogP contribution >= 0.6 is 0 Å². The summed E-state index contributed by atoms with van der Waals surface area (Å²) in [5.74, 6) is 0. The second-order valence-electron chi connectivity index (χ2n) is 4.79. The molecule has 3 nitrogen and oxygen atoms in total. The monoisotopic (exact) mass is 254 g/mol. The van der Waals surface area contributed by atoms with Gasteiger partial charge in [-0.3, -0.25) is 4.98 Å². The highest BCUT2D eigenvalue weighted by atomic mass is 16.5. The number of hydrogen-bond donors (Lipinski definition) is 1. The largest absolute Gasteiger partial charge is 0.372 e. The molecule has 2 heterocycles. The Morgan fingerprint density at radius 1 is 1.32 bits per heavy atom. The van der Waals surface area contributed by atoms with Gasteiger partial charge in [0.2, 0.25) is 0 Å². The molecule has 1 aromatic heterocycles. The van der Waals surface area contributed by atoms with Crippen molar-refractivity contribution in [2.75, 3.05) is 20.2 Å². The molecule has 19 heavy (non-hydrogen) atoms. The second kappa shape index (κ2) is 5.51. The SMILES string of the molecule is CNCC1OCCc2cccc(-c3cccnc3)c21. The molecule has 0 spiro atoms. The summed E-state index contributed by atoms with van der Waals surface area (Å²) in [5, 5.41) is 3.22. The lowest BCUT2D eigenvalue weighted by Crippen LogP contribution is -2.25. The smallest absolute Gasteiger partial charge is 0.0957 e. The first-order valence-electron chi connectivity index (χ1n) is 6.68. The van der Waals surface area contributed by atoms with Crippen molar-refractivity contribution in [1.82, 2.24) is 10.3 Å². The molecule has 0 fully saturated rings. The lowest BCUT2D eigenvalue weighted by atomic mass is 9.89. The van der Waals surface area contributed by atoms with Gasteiger partial charge in [0.05, 0.1) is 12.7 Å². The number of nitrogens with zero attached hydrogens (tertiary/aromatic N) is 1. The second-order valence-corrected chi connectivity index (χ2v) is 4.79. The molecule has 3 heteroatoms. The zero-order chi connectivity index (χ0) is 13.1. The summed E-state index contributed by atoms with van der Waals surface area (Å²) in [4.78, 5) is 4.22. The van der Waals surface area contributed by atoms with Gasteiger partial charge in [-0.1, -0.05) is 24.3 Å². The maximum absolute atomic E-state index is 5.92. The van der Waals surface area contributed by atoms with Crippen molar-refractivity contribution in [2.24, 2.45) is 0 Å². The fourth-order valence-corrected chi connectivity index (χ4v) is 2.73. The van der Waals surface area contributed by atoms with Gasteiger partial charge in [-0.2, -0.15) is 0 Å². The number of rotatable bonds is 3. The van der Waals surface area contributed by atoms with Gasteiger partial charge >= 0.3 is 0 Å². The van der Waals surface area contributed by atoms with Gasteiger partial charge in [-0.25, -0.2) is 0 Å². The van der Waals surface area contributed by atoms with Crippen LogP contribution in [0, 0.1) is 0 Å². The van der Waals surface area contributed by atoms with Crippen molar-refractivity contribution in [1.29, 1.82) is 0 Å². The molecule has 98 valence electrons. The Hall–Kier alpha value is -1.71. The van der Waals surface area contributed by atoms with Gasteiger partial charge in [0.15, 0.2) is 0 Å². The number of pyridine rings is 1. The van der Waals surface area contributed by atoms with Crippen LogP contribution in [-0.4, -0.2) is 25.2 Å². The third-order valence-electron chi connectivity index (χ3n) is 3.57.